The van der Waals surface area contributed by atoms with Gasteiger partial charge in [0.15, 0.2) is 0 Å². The summed E-state index contributed by atoms with van der Waals surface area (Å²) in [5.41, 5.74) is 2.04. The SMILES string of the molecule is CCC(CC)N1C(=O)CC[C@H](c2cccc(Cl)c2)[C@H]1c1ccc(Cl)cn1. The number of carbonyl (C=O) groups is 1. The van der Waals surface area contributed by atoms with Crippen LogP contribution in [0.25, 0.3) is 0 Å². The predicted molar refractivity (Wildman–Crippen MR) is 107 cm³/mol. The number of rotatable bonds is 5. The first kappa shape index (κ1) is 19.2. The minimum absolute atomic E-state index is 0.100. The fourth-order valence-corrected chi connectivity index (χ4v) is 4.34. The molecule has 3 nitrogen and oxygen atoms in total. The molecule has 26 heavy (non-hydrogen) atoms. The summed E-state index contributed by atoms with van der Waals surface area (Å²) in [7, 11) is 0. The van der Waals surface area contributed by atoms with E-state index in [4.69, 9.17) is 23.2 Å². The molecule has 2 heterocycles. The first-order valence-corrected chi connectivity index (χ1v) is 9.98. The summed E-state index contributed by atoms with van der Waals surface area (Å²) in [6, 6.07) is 11.9. The number of pyridine rings is 1. The van der Waals surface area contributed by atoms with E-state index in [0.29, 0.717) is 11.4 Å². The van der Waals surface area contributed by atoms with E-state index >= 15 is 0 Å². The van der Waals surface area contributed by atoms with Crippen molar-refractivity contribution in [3.05, 3.63) is 63.9 Å². The van der Waals surface area contributed by atoms with Crippen LogP contribution in [-0.4, -0.2) is 21.8 Å². The monoisotopic (exact) mass is 390 g/mol. The van der Waals surface area contributed by atoms with Gasteiger partial charge in [-0.2, -0.15) is 0 Å². The molecule has 1 aliphatic heterocycles. The minimum Gasteiger partial charge on any atom is -0.331 e. The van der Waals surface area contributed by atoms with Crippen LogP contribution in [0.15, 0.2) is 42.6 Å². The molecule has 0 unspecified atom stereocenters. The Kier molecular flexibility index (Phi) is 6.20. The number of likely N-dealkylation sites (tertiary alicyclic amines) is 1. The molecule has 0 aliphatic carbocycles. The summed E-state index contributed by atoms with van der Waals surface area (Å²) in [6.45, 7) is 4.27. The van der Waals surface area contributed by atoms with Gasteiger partial charge in [0.05, 0.1) is 16.8 Å². The van der Waals surface area contributed by atoms with Crippen LogP contribution in [0, 0.1) is 0 Å². The summed E-state index contributed by atoms with van der Waals surface area (Å²) in [6.07, 6.45) is 4.86. The van der Waals surface area contributed by atoms with E-state index in [1.165, 1.54) is 0 Å². The number of hydrogen-bond acceptors (Lipinski definition) is 2. The lowest BCUT2D eigenvalue weighted by atomic mass is 9.80. The van der Waals surface area contributed by atoms with Crippen LogP contribution in [0.4, 0.5) is 0 Å². The van der Waals surface area contributed by atoms with Crippen molar-refractivity contribution in [1.29, 1.82) is 0 Å². The third-order valence-corrected chi connectivity index (χ3v) is 5.76. The molecule has 1 amide bonds. The highest BCUT2D eigenvalue weighted by Crippen LogP contribution is 2.44. The first-order chi connectivity index (χ1) is 12.5. The van der Waals surface area contributed by atoms with E-state index in [0.717, 1.165) is 35.5 Å². The average molecular weight is 391 g/mol. The third-order valence-electron chi connectivity index (χ3n) is 5.30. The largest absolute Gasteiger partial charge is 0.331 e. The maximum atomic E-state index is 12.9. The first-order valence-electron chi connectivity index (χ1n) is 9.23. The number of halogens is 2. The zero-order valence-electron chi connectivity index (χ0n) is 15.2. The van der Waals surface area contributed by atoms with Crippen LogP contribution in [-0.2, 0) is 4.79 Å². The average Bonchev–Trinajstić information content (AvgIpc) is 2.64. The fourth-order valence-electron chi connectivity index (χ4n) is 4.02. The second-order valence-corrected chi connectivity index (χ2v) is 7.69. The van der Waals surface area contributed by atoms with Gasteiger partial charge in [-0.3, -0.25) is 9.78 Å². The molecule has 3 rings (SSSR count). The van der Waals surface area contributed by atoms with Crippen LogP contribution in [0.5, 0.6) is 0 Å². The molecule has 1 fully saturated rings. The lowest BCUT2D eigenvalue weighted by Crippen LogP contribution is -2.47. The van der Waals surface area contributed by atoms with Crippen molar-refractivity contribution in [2.45, 2.75) is 57.5 Å². The van der Waals surface area contributed by atoms with Crippen LogP contribution in [0.1, 0.15) is 62.7 Å². The number of nitrogens with zero attached hydrogens (tertiary/aromatic N) is 2. The number of carbonyl (C=O) groups excluding carboxylic acids is 1. The molecule has 2 atom stereocenters. The zero-order valence-corrected chi connectivity index (χ0v) is 16.7. The topological polar surface area (TPSA) is 33.2 Å². The Balaban J connectivity index is 2.09. The molecule has 0 radical (unpaired) electrons. The fraction of sp³-hybridized carbons (Fsp3) is 0.429. The Labute approximate surface area is 165 Å². The van der Waals surface area contributed by atoms with Crippen molar-refractivity contribution in [2.24, 2.45) is 0 Å². The maximum absolute atomic E-state index is 12.9. The van der Waals surface area contributed by atoms with Gasteiger partial charge < -0.3 is 4.90 Å². The normalized spacial score (nSPS) is 20.7. The van der Waals surface area contributed by atoms with E-state index in [-0.39, 0.29) is 23.9 Å². The van der Waals surface area contributed by atoms with Gasteiger partial charge in [-0.05, 0) is 49.1 Å². The highest BCUT2D eigenvalue weighted by atomic mass is 35.5. The quantitative estimate of drug-likeness (QED) is 0.624. The van der Waals surface area contributed by atoms with Crippen molar-refractivity contribution in [3.8, 4) is 0 Å². The molecule has 1 saturated heterocycles. The van der Waals surface area contributed by atoms with Gasteiger partial charge >= 0.3 is 0 Å². The van der Waals surface area contributed by atoms with Crippen LogP contribution in [0.3, 0.4) is 0 Å². The summed E-state index contributed by atoms with van der Waals surface area (Å²) in [4.78, 5) is 19.5. The smallest absolute Gasteiger partial charge is 0.223 e. The van der Waals surface area contributed by atoms with Gasteiger partial charge in [0.25, 0.3) is 0 Å². The van der Waals surface area contributed by atoms with Crippen molar-refractivity contribution >= 4 is 29.1 Å². The van der Waals surface area contributed by atoms with E-state index < -0.39 is 0 Å². The van der Waals surface area contributed by atoms with Crippen LogP contribution in [0.2, 0.25) is 10.0 Å². The molecule has 5 heteroatoms. The number of benzene rings is 1. The molecule has 138 valence electrons. The molecule has 1 aromatic carbocycles. The molecule has 0 N–H and O–H groups in total. The molecular weight excluding hydrogens is 367 g/mol. The molecular formula is C21H24Cl2N2O. The number of aromatic nitrogens is 1. The van der Waals surface area contributed by atoms with E-state index in [1.807, 2.05) is 30.3 Å². The Morgan fingerprint density at radius 1 is 1.15 bits per heavy atom. The second-order valence-electron chi connectivity index (χ2n) is 6.82. The molecule has 0 bridgehead atoms. The van der Waals surface area contributed by atoms with Gasteiger partial charge in [0.1, 0.15) is 0 Å². The maximum Gasteiger partial charge on any atom is 0.223 e. The molecule has 2 aromatic rings. The summed E-state index contributed by atoms with van der Waals surface area (Å²) < 4.78 is 0. The Hall–Kier alpha value is -1.58. The minimum atomic E-state index is -0.100. The summed E-state index contributed by atoms with van der Waals surface area (Å²) in [5.74, 6) is 0.374. The Morgan fingerprint density at radius 3 is 2.54 bits per heavy atom. The van der Waals surface area contributed by atoms with Gasteiger partial charge in [0.2, 0.25) is 5.91 Å². The highest BCUT2D eigenvalue weighted by Gasteiger charge is 2.40. The van der Waals surface area contributed by atoms with E-state index in [1.54, 1.807) is 6.20 Å². The van der Waals surface area contributed by atoms with E-state index in [9.17, 15) is 4.79 Å². The van der Waals surface area contributed by atoms with Gasteiger partial charge in [-0.15, -0.1) is 0 Å². The third kappa shape index (κ3) is 3.89. The van der Waals surface area contributed by atoms with Crippen molar-refractivity contribution in [2.75, 3.05) is 0 Å². The van der Waals surface area contributed by atoms with Gasteiger partial charge in [-0.25, -0.2) is 0 Å². The zero-order chi connectivity index (χ0) is 18.7. The lowest BCUT2D eigenvalue weighted by molar-refractivity contribution is -0.141. The molecule has 0 spiro atoms. The van der Waals surface area contributed by atoms with Crippen LogP contribution >= 0.6 is 23.2 Å². The van der Waals surface area contributed by atoms with Crippen molar-refractivity contribution in [3.63, 3.8) is 0 Å². The molecule has 0 saturated carbocycles. The van der Waals surface area contributed by atoms with Crippen molar-refractivity contribution < 1.29 is 4.79 Å². The number of hydrogen-bond donors (Lipinski definition) is 0. The highest BCUT2D eigenvalue weighted by molar-refractivity contribution is 6.30. The number of amides is 1. The van der Waals surface area contributed by atoms with Crippen molar-refractivity contribution in [1.82, 2.24) is 9.88 Å². The number of piperidine rings is 1. The van der Waals surface area contributed by atoms with Gasteiger partial charge in [0, 0.05) is 29.6 Å². The second kappa shape index (κ2) is 8.41. The summed E-state index contributed by atoms with van der Waals surface area (Å²) >= 11 is 12.3. The molecule has 1 aliphatic rings. The Bertz CT molecular complexity index is 759. The molecule has 1 aromatic heterocycles. The standard InChI is InChI=1S/C21H24Cl2N2O/c1-3-17(4-2)25-20(26)11-9-18(14-6-5-7-15(22)12-14)21(25)19-10-8-16(23)13-24-19/h5-8,10,12-13,17-18,21H,3-4,9,11H2,1-2H3/t18-,21+/m1/s1. The van der Waals surface area contributed by atoms with E-state index in [2.05, 4.69) is 29.8 Å². The van der Waals surface area contributed by atoms with Gasteiger partial charge in [-0.1, -0.05) is 49.2 Å². The lowest BCUT2D eigenvalue weighted by Gasteiger charge is -2.45. The Morgan fingerprint density at radius 2 is 1.92 bits per heavy atom. The van der Waals surface area contributed by atoms with Crippen LogP contribution < -0.4 is 0 Å². The summed E-state index contributed by atoms with van der Waals surface area (Å²) in [5, 5.41) is 1.32. The predicted octanol–water partition coefficient (Wildman–Crippen LogP) is 6.02.